The van der Waals surface area contributed by atoms with E-state index in [1.807, 2.05) is 6.92 Å². The summed E-state index contributed by atoms with van der Waals surface area (Å²) in [5, 5.41) is 10.3. The Bertz CT molecular complexity index is 489. The van der Waals surface area contributed by atoms with Gasteiger partial charge in [0.1, 0.15) is 6.17 Å². The van der Waals surface area contributed by atoms with Crippen LogP contribution in [0, 0.1) is 11.8 Å². The van der Waals surface area contributed by atoms with Gasteiger partial charge in [-0.2, -0.15) is 0 Å². The van der Waals surface area contributed by atoms with Crippen LogP contribution < -0.4 is 0 Å². The number of methoxy groups -OCH3 is 1. The summed E-state index contributed by atoms with van der Waals surface area (Å²) in [6.07, 6.45) is 3.79. The first-order valence-electron chi connectivity index (χ1n) is 8.28. The number of halogens is 1. The van der Waals surface area contributed by atoms with Gasteiger partial charge in [-0.25, -0.2) is 9.18 Å². The van der Waals surface area contributed by atoms with E-state index in [0.29, 0.717) is 19.3 Å². The smallest absolute Gasteiger partial charge is 0.350 e. The average molecular weight is 328 g/mol. The molecule has 1 N–H and O–H groups in total. The molecule has 2 fully saturated rings. The van der Waals surface area contributed by atoms with Crippen molar-refractivity contribution in [3.05, 3.63) is 11.8 Å². The minimum atomic E-state index is -1.28. The lowest BCUT2D eigenvalue weighted by Gasteiger charge is -2.25. The van der Waals surface area contributed by atoms with E-state index in [-0.39, 0.29) is 24.5 Å². The number of fused-ring (bicyclic) bond motifs is 1. The fourth-order valence-electron chi connectivity index (χ4n) is 3.71. The predicted octanol–water partition coefficient (Wildman–Crippen LogP) is 3.23. The Morgan fingerprint density at radius 2 is 2.35 bits per heavy atom. The summed E-state index contributed by atoms with van der Waals surface area (Å²) >= 11 is 0. The van der Waals surface area contributed by atoms with Crippen LogP contribution in [0.4, 0.5) is 4.39 Å². The maximum atomic E-state index is 13.7. The van der Waals surface area contributed by atoms with E-state index >= 15 is 0 Å². The zero-order valence-electron chi connectivity index (χ0n) is 13.7. The highest BCUT2D eigenvalue weighted by atomic mass is 19.1. The van der Waals surface area contributed by atoms with Crippen molar-refractivity contribution >= 4 is 11.9 Å². The van der Waals surface area contributed by atoms with Gasteiger partial charge in [-0.3, -0.25) is 4.79 Å². The molecule has 1 saturated heterocycles. The largest absolute Gasteiger partial charge is 0.512 e. The number of rotatable bonds is 7. The Kier molecular flexibility index (Phi) is 5.65. The lowest BCUT2D eigenvalue weighted by Crippen LogP contribution is -2.42. The van der Waals surface area contributed by atoms with E-state index in [4.69, 9.17) is 9.47 Å². The summed E-state index contributed by atoms with van der Waals surface area (Å²) in [5.74, 6) is -1.77. The second-order valence-corrected chi connectivity index (χ2v) is 6.42. The number of carbonyl (C=O) groups excluding carboxylic acids is 2. The molecule has 0 aromatic heterocycles. The van der Waals surface area contributed by atoms with Gasteiger partial charge < -0.3 is 14.6 Å². The SMILES string of the molecule is CCCCC(F)CC=C(O)[C@H]1CC[C@@]2(C(=O)OC)OC(=O)C[C@H]12. The molecule has 1 unspecified atom stereocenters. The van der Waals surface area contributed by atoms with Crippen molar-refractivity contribution in [3.8, 4) is 0 Å². The Hall–Kier alpha value is -1.59. The van der Waals surface area contributed by atoms with Crippen LogP contribution in [0.25, 0.3) is 0 Å². The standard InChI is InChI=1S/C17H25FO5/c1-3-4-5-11(18)6-7-14(19)12-8-9-17(16(21)22-2)13(12)10-15(20)23-17/h7,11-13,19H,3-6,8-10H2,1-2H3/t11?,12-,13+,17+/m0/s1. The number of carbonyl (C=O) groups is 2. The van der Waals surface area contributed by atoms with Crippen LogP contribution in [-0.4, -0.2) is 35.9 Å². The van der Waals surface area contributed by atoms with Crippen LogP contribution in [0.5, 0.6) is 0 Å². The van der Waals surface area contributed by atoms with Gasteiger partial charge in [-0.1, -0.05) is 19.8 Å². The van der Waals surface area contributed by atoms with Crippen LogP contribution in [0.3, 0.4) is 0 Å². The molecule has 0 radical (unpaired) electrons. The van der Waals surface area contributed by atoms with E-state index in [0.717, 1.165) is 12.8 Å². The van der Waals surface area contributed by atoms with Crippen LogP contribution in [0.15, 0.2) is 11.8 Å². The summed E-state index contributed by atoms with van der Waals surface area (Å²) < 4.78 is 23.8. The van der Waals surface area contributed by atoms with Crippen molar-refractivity contribution in [2.24, 2.45) is 11.8 Å². The predicted molar refractivity (Wildman–Crippen MR) is 81.4 cm³/mol. The Balaban J connectivity index is 2.06. The molecule has 0 spiro atoms. The number of hydrogen-bond acceptors (Lipinski definition) is 5. The Labute approximate surface area is 135 Å². The fourth-order valence-corrected chi connectivity index (χ4v) is 3.71. The molecule has 0 bridgehead atoms. The first-order chi connectivity index (χ1) is 10.9. The minimum absolute atomic E-state index is 0.0539. The highest BCUT2D eigenvalue weighted by molar-refractivity contribution is 5.88. The molecule has 0 aromatic rings. The zero-order chi connectivity index (χ0) is 17.0. The van der Waals surface area contributed by atoms with Gasteiger partial charge in [-0.15, -0.1) is 0 Å². The summed E-state index contributed by atoms with van der Waals surface area (Å²) in [4.78, 5) is 23.7. The number of hydrogen-bond donors (Lipinski definition) is 1. The van der Waals surface area contributed by atoms with Crippen molar-refractivity contribution in [2.75, 3.05) is 7.11 Å². The maximum Gasteiger partial charge on any atom is 0.350 e. The topological polar surface area (TPSA) is 72.8 Å². The lowest BCUT2D eigenvalue weighted by molar-refractivity contribution is -0.173. The maximum absolute atomic E-state index is 13.7. The van der Waals surface area contributed by atoms with Crippen LogP contribution in [0.1, 0.15) is 51.9 Å². The van der Waals surface area contributed by atoms with E-state index in [9.17, 15) is 19.1 Å². The molecule has 1 aliphatic heterocycles. The van der Waals surface area contributed by atoms with E-state index < -0.39 is 29.6 Å². The molecule has 5 nitrogen and oxygen atoms in total. The molecule has 2 aliphatic rings. The average Bonchev–Trinajstić information content (AvgIpc) is 3.04. The van der Waals surface area contributed by atoms with Gasteiger partial charge >= 0.3 is 11.9 Å². The first-order valence-corrected chi connectivity index (χ1v) is 8.28. The molecule has 23 heavy (non-hydrogen) atoms. The highest BCUT2D eigenvalue weighted by Crippen LogP contribution is 2.52. The number of aliphatic hydroxyl groups is 1. The second-order valence-electron chi connectivity index (χ2n) is 6.42. The number of allylic oxidation sites excluding steroid dienone is 2. The number of alkyl halides is 1. The minimum Gasteiger partial charge on any atom is -0.512 e. The molecule has 1 heterocycles. The molecule has 130 valence electrons. The lowest BCUT2D eigenvalue weighted by atomic mass is 9.84. The van der Waals surface area contributed by atoms with Gasteiger partial charge in [0.25, 0.3) is 0 Å². The third-order valence-electron chi connectivity index (χ3n) is 4.96. The summed E-state index contributed by atoms with van der Waals surface area (Å²) in [6.45, 7) is 2.00. The van der Waals surface area contributed by atoms with Crippen molar-refractivity contribution in [3.63, 3.8) is 0 Å². The molecule has 2 rings (SSSR count). The molecular formula is C17H25FO5. The zero-order valence-corrected chi connectivity index (χ0v) is 13.7. The summed E-state index contributed by atoms with van der Waals surface area (Å²) in [7, 11) is 1.25. The number of unbranched alkanes of at least 4 members (excludes halogenated alkanes) is 1. The normalized spacial score (nSPS) is 31.6. The van der Waals surface area contributed by atoms with Crippen molar-refractivity contribution in [2.45, 2.75) is 63.6 Å². The van der Waals surface area contributed by atoms with Gasteiger partial charge in [-0.05, 0) is 25.3 Å². The molecule has 1 saturated carbocycles. The van der Waals surface area contributed by atoms with E-state index in [1.54, 1.807) is 0 Å². The third-order valence-corrected chi connectivity index (χ3v) is 4.96. The second kappa shape index (κ2) is 7.32. The first kappa shape index (κ1) is 17.8. The number of esters is 2. The molecule has 6 heteroatoms. The van der Waals surface area contributed by atoms with Gasteiger partial charge in [0.05, 0.1) is 19.3 Å². The van der Waals surface area contributed by atoms with Crippen molar-refractivity contribution < 1.29 is 28.6 Å². The summed E-state index contributed by atoms with van der Waals surface area (Å²) in [6, 6.07) is 0. The number of ether oxygens (including phenoxy) is 2. The number of aliphatic hydroxyl groups excluding tert-OH is 1. The molecule has 0 amide bonds. The van der Waals surface area contributed by atoms with Crippen molar-refractivity contribution in [1.29, 1.82) is 0 Å². The third kappa shape index (κ3) is 3.51. The Morgan fingerprint density at radius 3 is 3.00 bits per heavy atom. The van der Waals surface area contributed by atoms with Crippen LogP contribution in [-0.2, 0) is 19.1 Å². The molecule has 0 aromatic carbocycles. The van der Waals surface area contributed by atoms with Crippen molar-refractivity contribution in [1.82, 2.24) is 0 Å². The van der Waals surface area contributed by atoms with E-state index in [2.05, 4.69) is 0 Å². The molecule has 1 aliphatic carbocycles. The highest BCUT2D eigenvalue weighted by Gasteiger charge is 2.62. The monoisotopic (exact) mass is 328 g/mol. The van der Waals surface area contributed by atoms with Gasteiger partial charge in [0, 0.05) is 18.3 Å². The van der Waals surface area contributed by atoms with Gasteiger partial charge in [0.2, 0.25) is 5.60 Å². The fraction of sp³-hybridized carbons (Fsp3) is 0.765. The molecule has 4 atom stereocenters. The van der Waals surface area contributed by atoms with Crippen LogP contribution >= 0.6 is 0 Å². The van der Waals surface area contributed by atoms with Gasteiger partial charge in [0.15, 0.2) is 0 Å². The Morgan fingerprint density at radius 1 is 1.61 bits per heavy atom. The summed E-state index contributed by atoms with van der Waals surface area (Å²) in [5.41, 5.74) is -1.28. The molecular weight excluding hydrogens is 303 g/mol. The quantitative estimate of drug-likeness (QED) is 0.574. The van der Waals surface area contributed by atoms with Crippen LogP contribution in [0.2, 0.25) is 0 Å². The van der Waals surface area contributed by atoms with E-state index in [1.165, 1.54) is 13.2 Å².